The van der Waals surface area contributed by atoms with Gasteiger partial charge in [-0.15, -0.1) is 0 Å². The quantitative estimate of drug-likeness (QED) is 0.265. The number of fused-ring (bicyclic) bond motifs is 1. The van der Waals surface area contributed by atoms with E-state index < -0.39 is 70.1 Å². The smallest absolute Gasteiger partial charge is 0.486 e. The van der Waals surface area contributed by atoms with Crippen molar-refractivity contribution in [2.24, 2.45) is 0 Å². The Morgan fingerprint density at radius 2 is 1.93 bits per heavy atom. The van der Waals surface area contributed by atoms with Crippen LogP contribution < -0.4 is 20.0 Å². The Bertz CT molecular complexity index is 1350. The van der Waals surface area contributed by atoms with Gasteiger partial charge in [-0.25, -0.2) is 9.18 Å². The van der Waals surface area contributed by atoms with Gasteiger partial charge in [0, 0.05) is 11.9 Å². The maximum atomic E-state index is 14.8. The van der Waals surface area contributed by atoms with E-state index in [1.807, 2.05) is 0 Å². The van der Waals surface area contributed by atoms with Crippen LogP contribution in [0.15, 0.2) is 24.4 Å². The van der Waals surface area contributed by atoms with E-state index in [9.17, 15) is 35.6 Å². The number of hydrogen-bond donors (Lipinski definition) is 2. The van der Waals surface area contributed by atoms with Crippen molar-refractivity contribution in [3.8, 4) is 11.5 Å². The van der Waals surface area contributed by atoms with Crippen LogP contribution in [0.2, 0.25) is 0 Å². The van der Waals surface area contributed by atoms with Crippen LogP contribution in [0.1, 0.15) is 40.0 Å². The molecule has 1 aromatic heterocycles. The number of alkyl halides is 4. The number of halogens is 4. The molecule has 0 spiro atoms. The van der Waals surface area contributed by atoms with Crippen molar-refractivity contribution >= 4 is 38.7 Å². The van der Waals surface area contributed by atoms with Crippen LogP contribution >= 0.6 is 0 Å². The third-order valence-corrected chi connectivity index (χ3v) is 6.59. The highest BCUT2D eigenvalue weighted by molar-refractivity contribution is 7.88. The number of carbonyl (C=O) groups is 2. The minimum absolute atomic E-state index is 0.0266. The third-order valence-electron chi connectivity index (χ3n) is 5.62. The highest BCUT2D eigenvalue weighted by Gasteiger charge is 2.49. The van der Waals surface area contributed by atoms with E-state index in [0.717, 1.165) is 6.07 Å². The fourth-order valence-electron chi connectivity index (χ4n) is 3.85. The van der Waals surface area contributed by atoms with Crippen molar-refractivity contribution < 1.29 is 49.2 Å². The monoisotopic (exact) mass is 594 g/mol. The predicted molar refractivity (Wildman–Crippen MR) is 136 cm³/mol. The van der Waals surface area contributed by atoms with Crippen molar-refractivity contribution in [2.75, 3.05) is 25.4 Å². The third kappa shape index (κ3) is 7.76. The molecule has 2 aromatic rings. The molecule has 2 unspecified atom stereocenters. The predicted octanol–water partition coefficient (Wildman–Crippen LogP) is 3.67. The largest absolute Gasteiger partial charge is 0.534 e. The van der Waals surface area contributed by atoms with Gasteiger partial charge in [-0.05, 0) is 58.2 Å². The number of nitrogens with two attached hydrogens (primary N) is 1. The second-order valence-electron chi connectivity index (χ2n) is 10.1. The number of nitrogen functional groups attached to an aromatic ring is 1. The molecule has 2 heterocycles. The summed E-state index contributed by atoms with van der Waals surface area (Å²) in [4.78, 5) is 30.6. The highest BCUT2D eigenvalue weighted by Crippen LogP contribution is 2.39. The molecule has 16 heteroatoms. The highest BCUT2D eigenvalue weighted by atomic mass is 32.2. The molecule has 222 valence electrons. The number of piperidine rings is 1. The van der Waals surface area contributed by atoms with E-state index in [4.69, 9.17) is 15.2 Å². The molecule has 1 fully saturated rings. The van der Waals surface area contributed by atoms with Gasteiger partial charge in [0.25, 0.3) is 0 Å². The number of likely N-dealkylation sites (tertiary alicyclic amines) is 1. The number of benzene rings is 1. The first-order valence-corrected chi connectivity index (χ1v) is 13.6. The lowest BCUT2D eigenvalue weighted by molar-refractivity contribution is -0.127. The molecular formula is C24H30F4N4O7S. The average Bonchev–Trinajstić information content (AvgIpc) is 2.84. The minimum Gasteiger partial charge on any atom is -0.486 e. The molecule has 0 radical (unpaired) electrons. The molecule has 40 heavy (non-hydrogen) atoms. The van der Waals surface area contributed by atoms with Crippen LogP contribution in [-0.2, 0) is 19.6 Å². The molecule has 0 bridgehead atoms. The van der Waals surface area contributed by atoms with E-state index in [2.05, 4.69) is 14.5 Å². The maximum Gasteiger partial charge on any atom is 0.534 e. The van der Waals surface area contributed by atoms with Crippen molar-refractivity contribution in [1.82, 2.24) is 15.2 Å². The fraction of sp³-hybridized carbons (Fsp3) is 0.542. The van der Waals surface area contributed by atoms with E-state index in [1.165, 1.54) is 23.2 Å². The SMILES string of the molecule is CC(C)(C)OC(=O)N1CCCCC1C(=O)NCC(F)COc1c(OS(=O)(=O)C(F)(F)F)ccc2ncc(N)cc12. The molecule has 3 N–H and O–H groups in total. The number of hydrogen-bond acceptors (Lipinski definition) is 9. The number of pyridine rings is 1. The Balaban J connectivity index is 1.71. The van der Waals surface area contributed by atoms with Crippen LogP contribution in [0.5, 0.6) is 11.5 Å². The molecule has 0 aliphatic carbocycles. The number of amides is 2. The molecule has 0 saturated carbocycles. The normalized spacial score (nSPS) is 17.3. The Labute approximate surface area is 228 Å². The van der Waals surface area contributed by atoms with Crippen LogP contribution in [-0.4, -0.2) is 73.3 Å². The van der Waals surface area contributed by atoms with Gasteiger partial charge in [0.1, 0.15) is 18.2 Å². The summed E-state index contributed by atoms with van der Waals surface area (Å²) < 4.78 is 91.7. The second kappa shape index (κ2) is 11.9. The van der Waals surface area contributed by atoms with Crippen LogP contribution in [0.3, 0.4) is 0 Å². The maximum absolute atomic E-state index is 14.8. The molecule has 1 saturated heterocycles. The average molecular weight is 595 g/mol. The van der Waals surface area contributed by atoms with Crippen molar-refractivity contribution in [3.63, 3.8) is 0 Å². The van der Waals surface area contributed by atoms with Crippen molar-refractivity contribution in [2.45, 2.75) is 63.4 Å². The first kappa shape index (κ1) is 31.0. The zero-order chi connectivity index (χ0) is 29.9. The number of aromatic nitrogens is 1. The summed E-state index contributed by atoms with van der Waals surface area (Å²) in [6, 6.07) is 2.43. The zero-order valence-corrected chi connectivity index (χ0v) is 22.8. The molecule has 3 rings (SSSR count). The lowest BCUT2D eigenvalue weighted by Crippen LogP contribution is -2.53. The van der Waals surface area contributed by atoms with Crippen molar-refractivity contribution in [1.29, 1.82) is 0 Å². The number of nitrogens with one attached hydrogen (secondary N) is 1. The molecular weight excluding hydrogens is 564 g/mol. The van der Waals surface area contributed by atoms with Gasteiger partial charge < -0.3 is 24.7 Å². The molecule has 1 aliphatic rings. The summed E-state index contributed by atoms with van der Waals surface area (Å²) in [6.45, 7) is 3.97. The van der Waals surface area contributed by atoms with Crippen LogP contribution in [0.25, 0.3) is 10.9 Å². The zero-order valence-electron chi connectivity index (χ0n) is 22.0. The number of anilines is 1. The lowest BCUT2D eigenvalue weighted by Gasteiger charge is -2.35. The van der Waals surface area contributed by atoms with E-state index in [0.29, 0.717) is 19.3 Å². The summed E-state index contributed by atoms with van der Waals surface area (Å²) in [5.41, 5.74) is -0.584. The topological polar surface area (TPSA) is 150 Å². The van der Waals surface area contributed by atoms with Gasteiger partial charge in [0.15, 0.2) is 17.7 Å². The van der Waals surface area contributed by atoms with Crippen LogP contribution in [0, 0.1) is 0 Å². The van der Waals surface area contributed by atoms with E-state index in [-0.39, 0.29) is 23.1 Å². The van der Waals surface area contributed by atoms with Gasteiger partial charge >= 0.3 is 21.7 Å². The number of ether oxygens (including phenoxy) is 2. The summed E-state index contributed by atoms with van der Waals surface area (Å²) in [5.74, 6) is -2.01. The van der Waals surface area contributed by atoms with Crippen molar-refractivity contribution in [3.05, 3.63) is 24.4 Å². The molecule has 11 nitrogen and oxygen atoms in total. The fourth-order valence-corrected chi connectivity index (χ4v) is 4.32. The summed E-state index contributed by atoms with van der Waals surface area (Å²) in [7, 11) is -6.07. The Morgan fingerprint density at radius 1 is 1.23 bits per heavy atom. The summed E-state index contributed by atoms with van der Waals surface area (Å²) >= 11 is 0. The summed E-state index contributed by atoms with van der Waals surface area (Å²) in [5, 5.41) is 2.38. The number of rotatable bonds is 8. The van der Waals surface area contributed by atoms with Crippen LogP contribution in [0.4, 0.5) is 28.0 Å². The standard InChI is InChI=1S/C24H30F4N4O7S/c1-23(2,3)38-22(34)32-9-5-4-6-18(32)21(33)31-11-14(25)13-37-20-16-10-15(29)12-30-17(16)7-8-19(20)39-40(35,36)24(26,27)28/h7-8,10,12,14,18H,4-6,9,11,13,29H2,1-3H3,(H,31,33). The number of nitrogens with zero attached hydrogens (tertiary/aromatic N) is 2. The second-order valence-corrected chi connectivity index (χ2v) is 11.6. The minimum atomic E-state index is -6.07. The van der Waals surface area contributed by atoms with Gasteiger partial charge in [0.05, 0.1) is 23.9 Å². The van der Waals surface area contributed by atoms with E-state index in [1.54, 1.807) is 20.8 Å². The molecule has 1 aromatic carbocycles. The molecule has 1 aliphatic heterocycles. The Hall–Kier alpha value is -3.56. The Kier molecular flexibility index (Phi) is 9.21. The van der Waals surface area contributed by atoms with Gasteiger partial charge in [-0.1, -0.05) is 0 Å². The van der Waals surface area contributed by atoms with Gasteiger partial charge in [-0.2, -0.15) is 21.6 Å². The molecule has 2 atom stereocenters. The number of carbonyl (C=O) groups excluding carboxylic acids is 2. The Morgan fingerprint density at radius 3 is 2.58 bits per heavy atom. The summed E-state index contributed by atoms with van der Waals surface area (Å²) in [6.07, 6.45) is 0.370. The van der Waals surface area contributed by atoms with Gasteiger partial charge in [0.2, 0.25) is 5.91 Å². The lowest BCUT2D eigenvalue weighted by atomic mass is 10.0. The van der Waals surface area contributed by atoms with E-state index >= 15 is 0 Å². The molecule has 2 amide bonds. The van der Waals surface area contributed by atoms with Gasteiger partial charge in [-0.3, -0.25) is 14.7 Å². The first-order valence-electron chi connectivity index (χ1n) is 12.2. The first-order chi connectivity index (χ1) is 18.5.